The van der Waals surface area contributed by atoms with Gasteiger partial charge in [0.25, 0.3) is 0 Å². The first-order valence-electron chi connectivity index (χ1n) is 5.96. The molecule has 1 fully saturated rings. The third kappa shape index (κ3) is 2.15. The molecule has 8 heteroatoms. The average Bonchev–Trinajstić information content (AvgIpc) is 2.95. The van der Waals surface area contributed by atoms with E-state index in [-0.39, 0.29) is 12.3 Å². The molecule has 1 aliphatic heterocycles. The van der Waals surface area contributed by atoms with Crippen LogP contribution in [0.4, 0.5) is 5.82 Å². The van der Waals surface area contributed by atoms with Gasteiger partial charge in [-0.15, -0.1) is 0 Å². The van der Waals surface area contributed by atoms with E-state index in [0.29, 0.717) is 23.4 Å². The van der Waals surface area contributed by atoms with E-state index in [0.717, 1.165) is 5.75 Å². The summed E-state index contributed by atoms with van der Waals surface area (Å²) >= 11 is 1.65. The molecule has 2 aromatic rings. The Morgan fingerprint density at radius 1 is 1.53 bits per heavy atom. The Bertz CT molecular complexity index is 589. The molecule has 0 aliphatic carbocycles. The Hall–Kier alpha value is -1.38. The van der Waals surface area contributed by atoms with Crippen molar-refractivity contribution in [1.82, 2.24) is 19.5 Å². The predicted molar refractivity (Wildman–Crippen MR) is 72.7 cm³/mol. The molecular weight excluding hydrogens is 266 g/mol. The second-order valence-electron chi connectivity index (χ2n) is 4.47. The topological polar surface area (TPSA) is 99.1 Å². The van der Waals surface area contributed by atoms with Crippen LogP contribution in [0.2, 0.25) is 0 Å². The zero-order valence-electron chi connectivity index (χ0n) is 10.4. The molecule has 2 aromatic heterocycles. The minimum absolute atomic E-state index is 0.156. The number of aliphatic hydroxyl groups is 1. The quantitative estimate of drug-likeness (QED) is 0.841. The molecule has 1 unspecified atom stereocenters. The van der Waals surface area contributed by atoms with Crippen LogP contribution in [-0.4, -0.2) is 48.8 Å². The number of rotatable bonds is 3. The smallest absolute Gasteiger partial charge is 0.167 e. The summed E-state index contributed by atoms with van der Waals surface area (Å²) in [5.74, 6) is 1.12. The van der Waals surface area contributed by atoms with Gasteiger partial charge < -0.3 is 15.6 Å². The highest BCUT2D eigenvalue weighted by Crippen LogP contribution is 2.32. The second-order valence-corrected chi connectivity index (χ2v) is 5.38. The minimum atomic E-state index is -0.464. The maximum atomic E-state index is 9.99. The molecule has 7 nitrogen and oxygen atoms in total. The lowest BCUT2D eigenvalue weighted by Crippen LogP contribution is -2.23. The van der Waals surface area contributed by atoms with Gasteiger partial charge in [0.1, 0.15) is 18.1 Å². The monoisotopic (exact) mass is 281 g/mol. The Morgan fingerprint density at radius 2 is 2.37 bits per heavy atom. The molecule has 0 spiro atoms. The van der Waals surface area contributed by atoms with Crippen molar-refractivity contribution in [2.24, 2.45) is 0 Å². The maximum absolute atomic E-state index is 9.99. The number of imidazole rings is 1. The first-order valence-corrected chi connectivity index (χ1v) is 7.35. The fourth-order valence-electron chi connectivity index (χ4n) is 2.28. The van der Waals surface area contributed by atoms with Gasteiger partial charge in [0.05, 0.1) is 18.5 Å². The molecule has 0 radical (unpaired) electrons. The van der Waals surface area contributed by atoms with Crippen molar-refractivity contribution in [3.63, 3.8) is 0 Å². The van der Waals surface area contributed by atoms with Crippen molar-refractivity contribution in [2.45, 2.75) is 24.9 Å². The predicted octanol–water partition coefficient (Wildman–Crippen LogP) is 0.420. The van der Waals surface area contributed by atoms with Crippen LogP contribution in [0.1, 0.15) is 12.6 Å². The highest BCUT2D eigenvalue weighted by molar-refractivity contribution is 7.98. The van der Waals surface area contributed by atoms with Gasteiger partial charge in [0.15, 0.2) is 11.5 Å². The number of nitrogens with zero attached hydrogens (tertiary/aromatic N) is 4. The lowest BCUT2D eigenvalue weighted by atomic mass is 10.2. The SMILES string of the molecule is CSC[C@H]1O[C@@H](n2cnc3c(N)ncnc32)CC1O. The van der Waals surface area contributed by atoms with E-state index in [9.17, 15) is 5.11 Å². The van der Waals surface area contributed by atoms with E-state index in [1.54, 1.807) is 22.7 Å². The molecular formula is C11H15N5O2S. The van der Waals surface area contributed by atoms with Crippen molar-refractivity contribution >= 4 is 28.7 Å². The lowest BCUT2D eigenvalue weighted by Gasteiger charge is -2.14. The van der Waals surface area contributed by atoms with Crippen molar-refractivity contribution in [1.29, 1.82) is 0 Å². The van der Waals surface area contributed by atoms with Gasteiger partial charge >= 0.3 is 0 Å². The number of fused-ring (bicyclic) bond motifs is 1. The lowest BCUT2D eigenvalue weighted by molar-refractivity contribution is -0.00368. The molecule has 0 saturated carbocycles. The van der Waals surface area contributed by atoms with Gasteiger partial charge in [-0.2, -0.15) is 11.8 Å². The van der Waals surface area contributed by atoms with Gasteiger partial charge in [-0.25, -0.2) is 15.0 Å². The molecule has 1 saturated heterocycles. The Kier molecular flexibility index (Phi) is 3.29. The van der Waals surface area contributed by atoms with Crippen molar-refractivity contribution < 1.29 is 9.84 Å². The summed E-state index contributed by atoms with van der Waals surface area (Å²) in [5.41, 5.74) is 6.95. The molecule has 3 N–H and O–H groups in total. The molecule has 0 bridgehead atoms. The summed E-state index contributed by atoms with van der Waals surface area (Å²) in [6.07, 6.45) is 4.68. The molecule has 1 aliphatic rings. The third-order valence-electron chi connectivity index (χ3n) is 3.23. The number of thioether (sulfide) groups is 1. The Balaban J connectivity index is 1.91. The molecule has 102 valence electrons. The van der Waals surface area contributed by atoms with Gasteiger partial charge in [0.2, 0.25) is 0 Å². The molecule has 0 amide bonds. The van der Waals surface area contributed by atoms with Gasteiger partial charge in [-0.05, 0) is 6.26 Å². The van der Waals surface area contributed by atoms with Crippen LogP contribution in [-0.2, 0) is 4.74 Å². The number of hydrogen-bond donors (Lipinski definition) is 2. The van der Waals surface area contributed by atoms with Gasteiger partial charge in [0, 0.05) is 12.2 Å². The summed E-state index contributed by atoms with van der Waals surface area (Å²) in [5, 5.41) is 9.99. The summed E-state index contributed by atoms with van der Waals surface area (Å²) in [4.78, 5) is 12.3. The molecule has 0 aromatic carbocycles. The van der Waals surface area contributed by atoms with E-state index in [1.807, 2.05) is 6.26 Å². The van der Waals surface area contributed by atoms with E-state index in [1.165, 1.54) is 6.33 Å². The average molecular weight is 281 g/mol. The van der Waals surface area contributed by atoms with E-state index >= 15 is 0 Å². The maximum Gasteiger partial charge on any atom is 0.167 e. The summed E-state index contributed by atoms with van der Waals surface area (Å²) in [6.45, 7) is 0. The van der Waals surface area contributed by atoms with Gasteiger partial charge in [-0.3, -0.25) is 4.57 Å². The fraction of sp³-hybridized carbons (Fsp3) is 0.545. The normalized spacial score (nSPS) is 27.2. The highest BCUT2D eigenvalue weighted by atomic mass is 32.2. The van der Waals surface area contributed by atoms with E-state index < -0.39 is 6.10 Å². The summed E-state index contributed by atoms with van der Waals surface area (Å²) in [6, 6.07) is 0. The van der Waals surface area contributed by atoms with Crippen LogP contribution in [0, 0.1) is 0 Å². The van der Waals surface area contributed by atoms with Crippen LogP contribution < -0.4 is 5.73 Å². The Labute approximate surface area is 114 Å². The van der Waals surface area contributed by atoms with Gasteiger partial charge in [-0.1, -0.05) is 0 Å². The van der Waals surface area contributed by atoms with Crippen LogP contribution in [0.5, 0.6) is 0 Å². The summed E-state index contributed by atoms with van der Waals surface area (Å²) < 4.78 is 7.66. The number of ether oxygens (including phenoxy) is 1. The molecule has 3 heterocycles. The first-order chi connectivity index (χ1) is 9.20. The summed E-state index contributed by atoms with van der Waals surface area (Å²) in [7, 11) is 0. The highest BCUT2D eigenvalue weighted by Gasteiger charge is 2.35. The number of nitrogens with two attached hydrogens (primary N) is 1. The van der Waals surface area contributed by atoms with Crippen molar-refractivity contribution in [2.75, 3.05) is 17.7 Å². The standard InChI is InChI=1S/C11H15N5O2S/c1-19-3-7-6(17)2-8(18-7)16-5-15-9-10(12)13-4-14-11(9)16/h4-8,17H,2-3H2,1H3,(H2,12,13,14)/t6?,7-,8-/m1/s1. The molecule has 3 rings (SSSR count). The minimum Gasteiger partial charge on any atom is -0.390 e. The third-order valence-corrected chi connectivity index (χ3v) is 3.89. The van der Waals surface area contributed by atoms with Crippen LogP contribution in [0.25, 0.3) is 11.2 Å². The Morgan fingerprint density at radius 3 is 3.16 bits per heavy atom. The number of hydrogen-bond acceptors (Lipinski definition) is 7. The number of aromatic nitrogens is 4. The second kappa shape index (κ2) is 4.95. The largest absolute Gasteiger partial charge is 0.390 e. The molecule has 19 heavy (non-hydrogen) atoms. The van der Waals surface area contributed by atoms with Crippen molar-refractivity contribution in [3.8, 4) is 0 Å². The van der Waals surface area contributed by atoms with Crippen molar-refractivity contribution in [3.05, 3.63) is 12.7 Å². The molecule has 3 atom stereocenters. The zero-order chi connectivity index (χ0) is 13.4. The van der Waals surface area contributed by atoms with Crippen LogP contribution in [0.3, 0.4) is 0 Å². The van der Waals surface area contributed by atoms with E-state index in [2.05, 4.69) is 15.0 Å². The number of nitrogen functional groups attached to an aromatic ring is 1. The fourth-order valence-corrected chi connectivity index (χ4v) is 2.91. The number of aliphatic hydroxyl groups excluding tert-OH is 1. The van der Waals surface area contributed by atoms with Crippen LogP contribution >= 0.6 is 11.8 Å². The number of anilines is 1. The van der Waals surface area contributed by atoms with Crippen LogP contribution in [0.15, 0.2) is 12.7 Å². The first kappa shape index (κ1) is 12.6. The zero-order valence-corrected chi connectivity index (χ0v) is 11.2. The van der Waals surface area contributed by atoms with E-state index in [4.69, 9.17) is 10.5 Å².